The fourth-order valence-corrected chi connectivity index (χ4v) is 2.78. The van der Waals surface area contributed by atoms with Crippen LogP contribution in [0.3, 0.4) is 0 Å². The number of hydrogen-bond donors (Lipinski definition) is 2. The quantitative estimate of drug-likeness (QED) is 0.778. The molecule has 0 saturated carbocycles. The summed E-state index contributed by atoms with van der Waals surface area (Å²) < 4.78 is 0. The molecule has 0 heterocycles. The van der Waals surface area contributed by atoms with E-state index in [1.807, 2.05) is 42.1 Å². The van der Waals surface area contributed by atoms with Crippen molar-refractivity contribution in [2.75, 3.05) is 16.4 Å². The second-order valence-electron chi connectivity index (χ2n) is 4.66. The highest BCUT2D eigenvalue weighted by atomic mass is 32.2. The number of anilines is 2. The molecule has 2 rings (SSSR count). The van der Waals surface area contributed by atoms with Gasteiger partial charge in [0.1, 0.15) is 0 Å². The summed E-state index contributed by atoms with van der Waals surface area (Å²) in [7, 11) is 0. The Morgan fingerprint density at radius 3 is 2.48 bits per heavy atom. The van der Waals surface area contributed by atoms with Gasteiger partial charge in [-0.25, -0.2) is 0 Å². The number of rotatable bonds is 6. The molecule has 110 valence electrons. The zero-order valence-corrected chi connectivity index (χ0v) is 13.2. The Balaban J connectivity index is 1.98. The minimum absolute atomic E-state index is 0.0496. The fraction of sp³-hybridized carbons (Fsp3) is 0.235. The van der Waals surface area contributed by atoms with Gasteiger partial charge in [-0.1, -0.05) is 31.2 Å². The predicted molar refractivity (Wildman–Crippen MR) is 90.9 cm³/mol. The molecule has 0 aliphatic rings. The van der Waals surface area contributed by atoms with Crippen molar-refractivity contribution < 1.29 is 4.79 Å². The van der Waals surface area contributed by atoms with Crippen molar-refractivity contribution in [1.82, 2.24) is 0 Å². The van der Waals surface area contributed by atoms with E-state index in [1.165, 1.54) is 17.4 Å². The average Bonchev–Trinajstić information content (AvgIpc) is 2.48. The van der Waals surface area contributed by atoms with Gasteiger partial charge in [0.25, 0.3) is 0 Å². The molecule has 0 bridgehead atoms. The summed E-state index contributed by atoms with van der Waals surface area (Å²) in [6, 6.07) is 16.2. The van der Waals surface area contributed by atoms with Crippen molar-refractivity contribution in [3.63, 3.8) is 0 Å². The summed E-state index contributed by atoms with van der Waals surface area (Å²) in [6.45, 7) is 4.43. The molecule has 0 aliphatic carbocycles. The van der Waals surface area contributed by atoms with Gasteiger partial charge in [-0.3, -0.25) is 4.79 Å². The van der Waals surface area contributed by atoms with Crippen LogP contribution in [-0.4, -0.2) is 11.7 Å². The second kappa shape index (κ2) is 7.74. The molecule has 0 aliphatic heterocycles. The lowest BCUT2D eigenvalue weighted by Gasteiger charge is -2.11. The fourth-order valence-electron chi connectivity index (χ4n) is 2.00. The van der Waals surface area contributed by atoms with Crippen LogP contribution < -0.4 is 10.6 Å². The topological polar surface area (TPSA) is 41.1 Å². The van der Waals surface area contributed by atoms with Crippen LogP contribution in [0.15, 0.2) is 53.4 Å². The molecule has 0 radical (unpaired) electrons. The van der Waals surface area contributed by atoms with Crippen LogP contribution in [0.2, 0.25) is 0 Å². The van der Waals surface area contributed by atoms with Gasteiger partial charge in [0, 0.05) is 29.7 Å². The standard InChI is InChI=1S/C17H20N2OS/c1-3-21-17-7-5-4-6-16(17)18-12-14-8-10-15(11-9-14)19-13(2)20/h4-11,18H,3,12H2,1-2H3,(H,19,20). The van der Waals surface area contributed by atoms with Crippen molar-refractivity contribution in [2.45, 2.75) is 25.3 Å². The first kappa shape index (κ1) is 15.4. The lowest BCUT2D eigenvalue weighted by atomic mass is 10.2. The predicted octanol–water partition coefficient (Wildman–Crippen LogP) is 4.37. The van der Waals surface area contributed by atoms with Crippen molar-refractivity contribution in [1.29, 1.82) is 0 Å². The Labute approximate surface area is 130 Å². The minimum atomic E-state index is -0.0496. The van der Waals surface area contributed by atoms with E-state index in [-0.39, 0.29) is 5.91 Å². The first-order valence-corrected chi connectivity index (χ1v) is 8.00. The van der Waals surface area contributed by atoms with Gasteiger partial charge in [0.15, 0.2) is 0 Å². The first-order valence-electron chi connectivity index (χ1n) is 7.01. The molecule has 0 aromatic heterocycles. The largest absolute Gasteiger partial charge is 0.380 e. The summed E-state index contributed by atoms with van der Waals surface area (Å²) in [6.07, 6.45) is 0. The van der Waals surface area contributed by atoms with E-state index in [1.54, 1.807) is 0 Å². The molecule has 2 aromatic carbocycles. The SMILES string of the molecule is CCSc1ccccc1NCc1ccc(NC(C)=O)cc1. The van der Waals surface area contributed by atoms with Crippen LogP contribution in [0.5, 0.6) is 0 Å². The highest BCUT2D eigenvalue weighted by molar-refractivity contribution is 7.99. The maximum atomic E-state index is 11.0. The van der Waals surface area contributed by atoms with Gasteiger partial charge in [-0.15, -0.1) is 11.8 Å². The van der Waals surface area contributed by atoms with E-state index in [0.29, 0.717) is 0 Å². The van der Waals surface area contributed by atoms with E-state index < -0.39 is 0 Å². The number of nitrogens with one attached hydrogen (secondary N) is 2. The summed E-state index contributed by atoms with van der Waals surface area (Å²) in [5.74, 6) is 1.01. The zero-order chi connectivity index (χ0) is 15.1. The third-order valence-corrected chi connectivity index (χ3v) is 3.90. The number of carbonyl (C=O) groups excluding carboxylic acids is 1. The van der Waals surface area contributed by atoms with Crippen LogP contribution in [0, 0.1) is 0 Å². The molecule has 3 nitrogen and oxygen atoms in total. The molecule has 0 unspecified atom stereocenters. The summed E-state index contributed by atoms with van der Waals surface area (Å²) >= 11 is 1.84. The lowest BCUT2D eigenvalue weighted by molar-refractivity contribution is -0.114. The number of hydrogen-bond acceptors (Lipinski definition) is 3. The van der Waals surface area contributed by atoms with Crippen LogP contribution in [0.4, 0.5) is 11.4 Å². The Kier molecular flexibility index (Phi) is 5.69. The molecule has 0 spiro atoms. The second-order valence-corrected chi connectivity index (χ2v) is 5.97. The molecule has 21 heavy (non-hydrogen) atoms. The Morgan fingerprint density at radius 2 is 1.81 bits per heavy atom. The van der Waals surface area contributed by atoms with Crippen molar-refractivity contribution in [2.24, 2.45) is 0 Å². The molecule has 2 aromatic rings. The Hall–Kier alpha value is -1.94. The van der Waals surface area contributed by atoms with Gasteiger partial charge in [-0.2, -0.15) is 0 Å². The van der Waals surface area contributed by atoms with E-state index in [9.17, 15) is 4.79 Å². The molecular formula is C17H20N2OS. The van der Waals surface area contributed by atoms with Crippen molar-refractivity contribution >= 4 is 29.0 Å². The molecule has 0 atom stereocenters. The van der Waals surface area contributed by atoms with Crippen LogP contribution >= 0.6 is 11.8 Å². The zero-order valence-electron chi connectivity index (χ0n) is 12.3. The summed E-state index contributed by atoms with van der Waals surface area (Å²) in [5, 5.41) is 6.24. The number of amides is 1. The van der Waals surface area contributed by atoms with E-state index >= 15 is 0 Å². The average molecular weight is 300 g/mol. The van der Waals surface area contributed by atoms with Gasteiger partial charge in [0.05, 0.1) is 0 Å². The van der Waals surface area contributed by atoms with Crippen molar-refractivity contribution in [3.05, 3.63) is 54.1 Å². The number of thioether (sulfide) groups is 1. The highest BCUT2D eigenvalue weighted by Crippen LogP contribution is 2.27. The molecule has 2 N–H and O–H groups in total. The molecule has 0 fully saturated rings. The molecule has 4 heteroatoms. The van der Waals surface area contributed by atoms with Gasteiger partial charge < -0.3 is 10.6 Å². The summed E-state index contributed by atoms with van der Waals surface area (Å²) in [5.41, 5.74) is 3.17. The van der Waals surface area contributed by atoms with Gasteiger partial charge in [-0.05, 0) is 35.6 Å². The molecule has 0 saturated heterocycles. The van der Waals surface area contributed by atoms with Crippen LogP contribution in [0.25, 0.3) is 0 Å². The van der Waals surface area contributed by atoms with Crippen LogP contribution in [0.1, 0.15) is 19.4 Å². The Morgan fingerprint density at radius 1 is 1.10 bits per heavy atom. The molecular weight excluding hydrogens is 280 g/mol. The van der Waals surface area contributed by atoms with E-state index in [4.69, 9.17) is 0 Å². The normalized spacial score (nSPS) is 10.2. The number of benzene rings is 2. The van der Waals surface area contributed by atoms with E-state index in [2.05, 4.69) is 35.8 Å². The summed E-state index contributed by atoms with van der Waals surface area (Å²) in [4.78, 5) is 12.3. The lowest BCUT2D eigenvalue weighted by Crippen LogP contribution is -2.06. The third-order valence-electron chi connectivity index (χ3n) is 2.94. The Bertz CT molecular complexity index is 596. The van der Waals surface area contributed by atoms with E-state index in [0.717, 1.165) is 23.7 Å². The smallest absolute Gasteiger partial charge is 0.221 e. The van der Waals surface area contributed by atoms with Crippen LogP contribution in [-0.2, 0) is 11.3 Å². The van der Waals surface area contributed by atoms with Crippen molar-refractivity contribution in [3.8, 4) is 0 Å². The van der Waals surface area contributed by atoms with Gasteiger partial charge >= 0.3 is 0 Å². The first-order chi connectivity index (χ1) is 10.2. The maximum Gasteiger partial charge on any atom is 0.221 e. The minimum Gasteiger partial charge on any atom is -0.380 e. The third kappa shape index (κ3) is 4.83. The number of carbonyl (C=O) groups is 1. The highest BCUT2D eigenvalue weighted by Gasteiger charge is 2.01. The van der Waals surface area contributed by atoms with Gasteiger partial charge in [0.2, 0.25) is 5.91 Å². The number of para-hydroxylation sites is 1. The maximum absolute atomic E-state index is 11.0. The monoisotopic (exact) mass is 300 g/mol. The molecule has 1 amide bonds.